The van der Waals surface area contributed by atoms with Gasteiger partial charge >= 0.3 is 6.18 Å². The molecule has 148 valence electrons. The van der Waals surface area contributed by atoms with Crippen LogP contribution in [0.5, 0.6) is 0 Å². The highest BCUT2D eigenvalue weighted by atomic mass is 19.4. The first-order valence-electron chi connectivity index (χ1n) is 8.55. The molecule has 1 aliphatic heterocycles. The molecule has 1 N–H and O–H groups in total. The number of hydrogen-bond donors (Lipinski definition) is 1. The topological polar surface area (TPSA) is 78.4 Å². The van der Waals surface area contributed by atoms with Crippen molar-refractivity contribution in [2.24, 2.45) is 0 Å². The van der Waals surface area contributed by atoms with Crippen LogP contribution in [-0.4, -0.2) is 52.9 Å². The maximum Gasteiger partial charge on any atom is 0.416 e. The van der Waals surface area contributed by atoms with Crippen LogP contribution in [0.3, 0.4) is 0 Å². The molecule has 0 spiro atoms. The lowest BCUT2D eigenvalue weighted by molar-refractivity contribution is -0.137. The van der Waals surface area contributed by atoms with Gasteiger partial charge in [0.25, 0.3) is 5.91 Å². The predicted molar refractivity (Wildman–Crippen MR) is 95.9 cm³/mol. The fraction of sp³-hybridized carbons (Fsp3) is 0.333. The van der Waals surface area contributed by atoms with Crippen LogP contribution in [0.2, 0.25) is 0 Å². The van der Waals surface area contributed by atoms with Gasteiger partial charge in [-0.3, -0.25) is 9.59 Å². The number of carbonyl (C=O) groups excluding carboxylic acids is 2. The fourth-order valence-electron chi connectivity index (χ4n) is 2.79. The van der Waals surface area contributed by atoms with Crippen molar-refractivity contribution in [3.63, 3.8) is 0 Å². The van der Waals surface area contributed by atoms with E-state index in [9.17, 15) is 22.8 Å². The number of nitrogens with zero attached hydrogens (tertiary/aromatic N) is 4. The maximum absolute atomic E-state index is 12.6. The highest BCUT2D eigenvalue weighted by Gasteiger charge is 2.30. The van der Waals surface area contributed by atoms with Crippen LogP contribution in [-0.2, 0) is 11.0 Å². The van der Waals surface area contributed by atoms with E-state index in [4.69, 9.17) is 0 Å². The Morgan fingerprint density at radius 1 is 1.00 bits per heavy atom. The highest BCUT2D eigenvalue weighted by Crippen LogP contribution is 2.29. The van der Waals surface area contributed by atoms with Gasteiger partial charge < -0.3 is 15.1 Å². The van der Waals surface area contributed by atoms with Crippen molar-refractivity contribution in [2.75, 3.05) is 36.4 Å². The second-order valence-corrected chi connectivity index (χ2v) is 6.28. The molecule has 10 heteroatoms. The zero-order valence-corrected chi connectivity index (χ0v) is 15.0. The predicted octanol–water partition coefficient (Wildman–Crippen LogP) is 2.42. The Morgan fingerprint density at radius 3 is 2.14 bits per heavy atom. The van der Waals surface area contributed by atoms with E-state index in [1.165, 1.54) is 31.5 Å². The van der Waals surface area contributed by atoms with Gasteiger partial charge in [0.05, 0.1) is 18.0 Å². The van der Waals surface area contributed by atoms with E-state index in [1.54, 1.807) is 4.90 Å². The summed E-state index contributed by atoms with van der Waals surface area (Å²) in [5.41, 5.74) is -0.519. The molecule has 1 aromatic carbocycles. The molecule has 2 aromatic rings. The quantitative estimate of drug-likeness (QED) is 0.867. The second kappa shape index (κ2) is 7.83. The van der Waals surface area contributed by atoms with Gasteiger partial charge in [-0.2, -0.15) is 13.2 Å². The molecule has 1 aromatic heterocycles. The Morgan fingerprint density at radius 2 is 1.64 bits per heavy atom. The molecule has 2 amide bonds. The molecular formula is C18H18F3N5O2. The molecule has 0 unspecified atom stereocenters. The second-order valence-electron chi connectivity index (χ2n) is 6.28. The molecule has 0 bridgehead atoms. The summed E-state index contributed by atoms with van der Waals surface area (Å²) in [7, 11) is 0. The smallest absolute Gasteiger partial charge is 0.352 e. The van der Waals surface area contributed by atoms with E-state index >= 15 is 0 Å². The zero-order valence-electron chi connectivity index (χ0n) is 15.0. The Labute approximate surface area is 159 Å². The van der Waals surface area contributed by atoms with Crippen LogP contribution in [0.1, 0.15) is 23.0 Å². The highest BCUT2D eigenvalue weighted by molar-refractivity contribution is 6.02. The molecule has 1 saturated heterocycles. The van der Waals surface area contributed by atoms with Gasteiger partial charge in [0.2, 0.25) is 5.91 Å². The molecule has 2 heterocycles. The van der Waals surface area contributed by atoms with Crippen molar-refractivity contribution in [2.45, 2.75) is 13.1 Å². The van der Waals surface area contributed by atoms with Crippen LogP contribution in [0, 0.1) is 0 Å². The van der Waals surface area contributed by atoms with Gasteiger partial charge in [-0.15, -0.1) is 0 Å². The average Bonchev–Trinajstić information content (AvgIpc) is 2.68. The fourth-order valence-corrected chi connectivity index (χ4v) is 2.79. The van der Waals surface area contributed by atoms with E-state index in [0.717, 1.165) is 12.1 Å². The minimum atomic E-state index is -4.43. The number of anilines is 2. The number of piperazine rings is 1. The van der Waals surface area contributed by atoms with Gasteiger partial charge in [0, 0.05) is 38.8 Å². The van der Waals surface area contributed by atoms with Gasteiger partial charge in [-0.1, -0.05) is 0 Å². The van der Waals surface area contributed by atoms with Crippen LogP contribution in [0.4, 0.5) is 24.7 Å². The Bertz CT molecular complexity index is 845. The normalized spacial score (nSPS) is 14.7. The summed E-state index contributed by atoms with van der Waals surface area (Å²) in [6, 6.07) is 4.14. The third-order valence-corrected chi connectivity index (χ3v) is 4.39. The SMILES string of the molecule is CC(=O)N1CCN(c2cnc(C(=O)Nc3ccc(C(F)(F)F)cc3)cn2)CC1. The summed E-state index contributed by atoms with van der Waals surface area (Å²) in [4.78, 5) is 35.6. The number of alkyl halides is 3. The van der Waals surface area contributed by atoms with Crippen LogP contribution >= 0.6 is 0 Å². The number of hydrogen-bond acceptors (Lipinski definition) is 5. The molecule has 1 fully saturated rings. The molecular weight excluding hydrogens is 375 g/mol. The van der Waals surface area contributed by atoms with E-state index in [0.29, 0.717) is 32.0 Å². The molecule has 7 nitrogen and oxygen atoms in total. The summed E-state index contributed by atoms with van der Waals surface area (Å²) in [6.07, 6.45) is -1.66. The Kier molecular flexibility index (Phi) is 5.48. The number of benzene rings is 1. The molecule has 0 atom stereocenters. The Balaban J connectivity index is 1.60. The minimum Gasteiger partial charge on any atom is -0.352 e. The largest absolute Gasteiger partial charge is 0.416 e. The van der Waals surface area contributed by atoms with E-state index in [2.05, 4.69) is 15.3 Å². The van der Waals surface area contributed by atoms with E-state index < -0.39 is 17.6 Å². The number of carbonyl (C=O) groups is 2. The number of amides is 2. The van der Waals surface area contributed by atoms with Gasteiger partial charge in [-0.05, 0) is 24.3 Å². The number of rotatable bonds is 3. The first kappa shape index (κ1) is 19.6. The number of halogens is 3. The molecule has 0 radical (unpaired) electrons. The maximum atomic E-state index is 12.6. The molecule has 28 heavy (non-hydrogen) atoms. The van der Waals surface area contributed by atoms with Crippen molar-refractivity contribution >= 4 is 23.3 Å². The van der Waals surface area contributed by atoms with Gasteiger partial charge in [0.1, 0.15) is 11.5 Å². The standard InChI is InChI=1S/C18H18F3N5O2/c1-12(27)25-6-8-26(9-7-25)16-11-22-15(10-23-16)17(28)24-14-4-2-13(3-5-14)18(19,20)21/h2-5,10-11H,6-9H2,1H3,(H,24,28). The van der Waals surface area contributed by atoms with Crippen molar-refractivity contribution < 1.29 is 22.8 Å². The molecule has 3 rings (SSSR count). The first-order chi connectivity index (χ1) is 13.2. The van der Waals surface area contributed by atoms with Gasteiger partial charge in [-0.25, -0.2) is 9.97 Å². The van der Waals surface area contributed by atoms with Gasteiger partial charge in [0.15, 0.2) is 0 Å². The van der Waals surface area contributed by atoms with Crippen LogP contribution < -0.4 is 10.2 Å². The lowest BCUT2D eigenvalue weighted by Gasteiger charge is -2.34. The van der Waals surface area contributed by atoms with Crippen molar-refractivity contribution in [3.05, 3.63) is 47.9 Å². The monoisotopic (exact) mass is 393 g/mol. The first-order valence-corrected chi connectivity index (χ1v) is 8.55. The number of nitrogens with one attached hydrogen (secondary N) is 1. The Hall–Kier alpha value is -3.17. The molecule has 0 saturated carbocycles. The summed E-state index contributed by atoms with van der Waals surface area (Å²) in [5, 5.41) is 2.49. The molecule has 1 aliphatic rings. The summed E-state index contributed by atoms with van der Waals surface area (Å²) in [6.45, 7) is 3.94. The number of aromatic nitrogens is 2. The lowest BCUT2D eigenvalue weighted by atomic mass is 10.2. The van der Waals surface area contributed by atoms with E-state index in [-0.39, 0.29) is 17.3 Å². The van der Waals surface area contributed by atoms with Crippen LogP contribution in [0.25, 0.3) is 0 Å². The summed E-state index contributed by atoms with van der Waals surface area (Å²) in [5.74, 6) is 0.0514. The molecule has 0 aliphatic carbocycles. The minimum absolute atomic E-state index is 0.0287. The summed E-state index contributed by atoms with van der Waals surface area (Å²) < 4.78 is 37.7. The summed E-state index contributed by atoms with van der Waals surface area (Å²) >= 11 is 0. The van der Waals surface area contributed by atoms with Crippen molar-refractivity contribution in [1.29, 1.82) is 0 Å². The van der Waals surface area contributed by atoms with Crippen molar-refractivity contribution in [1.82, 2.24) is 14.9 Å². The van der Waals surface area contributed by atoms with Crippen LogP contribution in [0.15, 0.2) is 36.7 Å². The van der Waals surface area contributed by atoms with E-state index in [1.807, 2.05) is 4.90 Å². The third-order valence-electron chi connectivity index (χ3n) is 4.39. The van der Waals surface area contributed by atoms with Crippen molar-refractivity contribution in [3.8, 4) is 0 Å². The third kappa shape index (κ3) is 4.56. The zero-order chi connectivity index (χ0) is 20.3. The lowest BCUT2D eigenvalue weighted by Crippen LogP contribution is -2.48. The average molecular weight is 393 g/mol.